The first-order chi connectivity index (χ1) is 21.9. The van der Waals surface area contributed by atoms with Crippen molar-refractivity contribution >= 4 is 38.5 Å². The van der Waals surface area contributed by atoms with Gasteiger partial charge in [0.25, 0.3) is 5.91 Å². The van der Waals surface area contributed by atoms with E-state index < -0.39 is 52.7 Å². The monoisotopic (exact) mass is 677 g/mol. The molecule has 250 valence electrons. The molecule has 16 heteroatoms. The quantitative estimate of drug-likeness (QED) is 0.166. The highest BCUT2D eigenvalue weighted by Crippen LogP contribution is 2.48. The molecule has 0 bridgehead atoms. The molecule has 47 heavy (non-hydrogen) atoms. The molecule has 2 amide bonds. The van der Waals surface area contributed by atoms with E-state index in [-0.39, 0.29) is 52.2 Å². The number of amides is 2. The zero-order chi connectivity index (χ0) is 34.5. The number of alkyl halides is 3. The smallest absolute Gasteiger partial charge is 0.424 e. The largest absolute Gasteiger partial charge is 0.494 e. The molecule has 5 rings (SSSR count). The number of thiazole rings is 1. The number of nitrogens with zero attached hydrogens (tertiary/aromatic N) is 2. The van der Waals surface area contributed by atoms with Crippen molar-refractivity contribution in [1.82, 2.24) is 20.6 Å². The highest BCUT2D eigenvalue weighted by atomic mass is 32.1. The SMILES string of the molecule is COc1cc(C(=O)NCC(O)(c2cc3c(c(-c4ccc(F)cc4)n2)OC[C@]3(C)C(=O)NCC(C)(C)O)C(F)(F)F)cc2sc(N)nc12. The first kappa shape index (κ1) is 33.8. The molecule has 0 fully saturated rings. The van der Waals surface area contributed by atoms with Crippen molar-refractivity contribution in [3.05, 3.63) is 65.1 Å². The lowest BCUT2D eigenvalue weighted by Gasteiger charge is -2.32. The standard InChI is InChI=1S/C31H31F4N5O6S/c1-28(2,43)12-38-26(42)29(3)14-46-24-18(29)11-21(39-22(24)15-5-7-17(32)8-6-15)30(44,31(33,34)35)13-37-25(41)16-9-19(45-4)23-20(10-16)47-27(36)40-23/h5-11,43-44H,12-14H2,1-4H3,(H2,36,40)(H,37,41)(H,38,42)/t29-,30?/m0/s1. The number of aromatic nitrogens is 2. The number of halogens is 4. The van der Waals surface area contributed by atoms with Gasteiger partial charge < -0.3 is 36.1 Å². The number of benzene rings is 2. The molecule has 0 radical (unpaired) electrons. The third-order valence-electron chi connectivity index (χ3n) is 7.73. The number of fused-ring (bicyclic) bond motifs is 2. The number of carbonyl (C=O) groups excluding carboxylic acids is 2. The number of nitrogens with two attached hydrogens (primary N) is 1. The van der Waals surface area contributed by atoms with Gasteiger partial charge in [-0.1, -0.05) is 11.3 Å². The molecule has 0 spiro atoms. The van der Waals surface area contributed by atoms with Crippen LogP contribution >= 0.6 is 11.3 Å². The third kappa shape index (κ3) is 6.40. The fraction of sp³-hybridized carbons (Fsp3) is 0.355. The number of rotatable bonds is 9. The van der Waals surface area contributed by atoms with E-state index in [1.807, 2.05) is 0 Å². The number of hydrogen-bond donors (Lipinski definition) is 5. The third-order valence-corrected chi connectivity index (χ3v) is 8.56. The highest BCUT2D eigenvalue weighted by Gasteiger charge is 2.58. The molecule has 2 aromatic carbocycles. The van der Waals surface area contributed by atoms with E-state index in [0.29, 0.717) is 10.2 Å². The van der Waals surface area contributed by atoms with Gasteiger partial charge in [-0.2, -0.15) is 13.2 Å². The van der Waals surface area contributed by atoms with E-state index in [0.717, 1.165) is 29.5 Å². The van der Waals surface area contributed by atoms with Crippen molar-refractivity contribution in [3.8, 4) is 22.8 Å². The van der Waals surface area contributed by atoms with Gasteiger partial charge in [-0.15, -0.1) is 0 Å². The van der Waals surface area contributed by atoms with E-state index in [1.165, 1.54) is 52.1 Å². The summed E-state index contributed by atoms with van der Waals surface area (Å²) in [6, 6.07) is 8.23. The number of aliphatic hydroxyl groups is 2. The number of nitrogen functional groups attached to an aromatic ring is 1. The number of pyridine rings is 1. The maximum Gasteiger partial charge on any atom is 0.424 e. The number of nitrogens with one attached hydrogen (secondary N) is 2. The van der Waals surface area contributed by atoms with Crippen LogP contribution in [-0.4, -0.2) is 70.6 Å². The molecule has 2 aromatic heterocycles. The van der Waals surface area contributed by atoms with Gasteiger partial charge in [0.05, 0.1) is 29.6 Å². The number of carbonyl (C=O) groups is 2. The second-order valence-electron chi connectivity index (χ2n) is 12.0. The zero-order valence-corrected chi connectivity index (χ0v) is 26.4. The van der Waals surface area contributed by atoms with Crippen molar-refractivity contribution in [2.75, 3.05) is 32.5 Å². The lowest BCUT2D eigenvalue weighted by molar-refractivity contribution is -0.265. The average molecular weight is 678 g/mol. The van der Waals surface area contributed by atoms with Crippen LogP contribution in [0.1, 0.15) is 42.4 Å². The van der Waals surface area contributed by atoms with Gasteiger partial charge >= 0.3 is 6.18 Å². The summed E-state index contributed by atoms with van der Waals surface area (Å²) in [7, 11) is 1.33. The summed E-state index contributed by atoms with van der Waals surface area (Å²) in [6.07, 6.45) is -5.39. The Labute approximate surface area is 269 Å². The summed E-state index contributed by atoms with van der Waals surface area (Å²) < 4.78 is 69.9. The summed E-state index contributed by atoms with van der Waals surface area (Å²) in [5.74, 6) is -2.14. The first-order valence-corrected chi connectivity index (χ1v) is 14.9. The summed E-state index contributed by atoms with van der Waals surface area (Å²) >= 11 is 1.04. The molecule has 1 aliphatic rings. The minimum Gasteiger partial charge on any atom is -0.494 e. The molecule has 0 saturated heterocycles. The summed E-state index contributed by atoms with van der Waals surface area (Å²) in [4.78, 5) is 34.8. The molecule has 0 saturated carbocycles. The lowest BCUT2D eigenvalue weighted by atomic mass is 9.81. The van der Waals surface area contributed by atoms with Crippen LogP contribution in [0, 0.1) is 5.82 Å². The van der Waals surface area contributed by atoms with Crippen molar-refractivity contribution in [2.45, 2.75) is 43.6 Å². The molecular weight excluding hydrogens is 646 g/mol. The normalized spacial score (nSPS) is 17.5. The number of hydrogen-bond acceptors (Lipinski definition) is 10. The summed E-state index contributed by atoms with van der Waals surface area (Å²) in [5.41, 5.74) is -1.65. The van der Waals surface area contributed by atoms with Gasteiger partial charge in [-0.3, -0.25) is 9.59 Å². The highest BCUT2D eigenvalue weighted by molar-refractivity contribution is 7.22. The van der Waals surface area contributed by atoms with Crippen LogP contribution in [0.3, 0.4) is 0 Å². The van der Waals surface area contributed by atoms with Crippen LogP contribution in [0.4, 0.5) is 22.7 Å². The van der Waals surface area contributed by atoms with E-state index in [9.17, 15) is 37.4 Å². The fourth-order valence-corrected chi connectivity index (χ4v) is 5.82. The Morgan fingerprint density at radius 1 is 1.09 bits per heavy atom. The lowest BCUT2D eigenvalue weighted by Crippen LogP contribution is -2.52. The zero-order valence-electron chi connectivity index (χ0n) is 25.6. The average Bonchev–Trinajstić information content (AvgIpc) is 3.56. The minimum atomic E-state index is -5.39. The molecule has 2 atom stereocenters. The Morgan fingerprint density at radius 3 is 2.38 bits per heavy atom. The van der Waals surface area contributed by atoms with Crippen LogP contribution in [0.5, 0.6) is 11.5 Å². The molecular formula is C31H31F4N5O6S. The molecule has 11 nitrogen and oxygen atoms in total. The van der Waals surface area contributed by atoms with Crippen molar-refractivity contribution in [1.29, 1.82) is 0 Å². The molecule has 3 heterocycles. The molecule has 6 N–H and O–H groups in total. The minimum absolute atomic E-state index is 0.0398. The van der Waals surface area contributed by atoms with Crippen LogP contribution in [0.15, 0.2) is 42.5 Å². The van der Waals surface area contributed by atoms with Crippen LogP contribution in [0.2, 0.25) is 0 Å². The van der Waals surface area contributed by atoms with Gasteiger partial charge in [-0.25, -0.2) is 14.4 Å². The molecule has 0 aliphatic carbocycles. The van der Waals surface area contributed by atoms with Gasteiger partial charge in [0.15, 0.2) is 5.13 Å². The van der Waals surface area contributed by atoms with Crippen molar-refractivity contribution in [2.24, 2.45) is 0 Å². The van der Waals surface area contributed by atoms with Crippen LogP contribution in [-0.2, 0) is 15.8 Å². The second kappa shape index (κ2) is 11.9. The van der Waals surface area contributed by atoms with Gasteiger partial charge in [0.2, 0.25) is 11.5 Å². The van der Waals surface area contributed by atoms with E-state index in [1.54, 1.807) is 0 Å². The van der Waals surface area contributed by atoms with E-state index in [4.69, 9.17) is 15.2 Å². The summed E-state index contributed by atoms with van der Waals surface area (Å²) in [5, 5.41) is 26.4. The van der Waals surface area contributed by atoms with E-state index >= 15 is 0 Å². The Morgan fingerprint density at radius 2 is 1.77 bits per heavy atom. The fourth-order valence-electron chi connectivity index (χ4n) is 5.03. The Bertz CT molecular complexity index is 1860. The van der Waals surface area contributed by atoms with Gasteiger partial charge in [0, 0.05) is 23.2 Å². The van der Waals surface area contributed by atoms with Gasteiger partial charge in [0.1, 0.15) is 40.5 Å². The Kier molecular flexibility index (Phi) is 8.57. The molecule has 4 aromatic rings. The topological polar surface area (TPSA) is 169 Å². The van der Waals surface area contributed by atoms with Crippen molar-refractivity contribution < 1.29 is 46.8 Å². The number of methoxy groups -OCH3 is 1. The Hall–Kier alpha value is -4.54. The van der Waals surface area contributed by atoms with Gasteiger partial charge in [-0.05, 0) is 63.2 Å². The molecule has 1 unspecified atom stereocenters. The predicted octanol–water partition coefficient (Wildman–Crippen LogP) is 3.81. The summed E-state index contributed by atoms with van der Waals surface area (Å²) in [6.45, 7) is 2.48. The number of anilines is 1. The van der Waals surface area contributed by atoms with Crippen LogP contribution in [0.25, 0.3) is 21.5 Å². The first-order valence-electron chi connectivity index (χ1n) is 14.1. The maximum absolute atomic E-state index is 14.8. The predicted molar refractivity (Wildman–Crippen MR) is 165 cm³/mol. The Balaban J connectivity index is 1.58. The van der Waals surface area contributed by atoms with E-state index in [2.05, 4.69) is 20.6 Å². The van der Waals surface area contributed by atoms with Crippen molar-refractivity contribution in [3.63, 3.8) is 0 Å². The number of ether oxygens (including phenoxy) is 2. The van der Waals surface area contributed by atoms with Crippen LogP contribution < -0.4 is 25.8 Å². The maximum atomic E-state index is 14.8. The molecule has 1 aliphatic heterocycles. The second-order valence-corrected chi connectivity index (χ2v) is 13.0.